The molecular formula is C15H31O4PPd. The Hall–Kier alpha value is 0.0323. The van der Waals surface area contributed by atoms with E-state index in [9.17, 15) is 0 Å². The molecule has 0 spiro atoms. The molecule has 0 aromatic rings. The molecule has 0 aromatic carbocycles. The van der Waals surface area contributed by atoms with Crippen LogP contribution in [0.2, 0.25) is 0 Å². The summed E-state index contributed by atoms with van der Waals surface area (Å²) in [5.74, 6) is -2.17. The predicted molar refractivity (Wildman–Crippen MR) is 82.9 cm³/mol. The topological polar surface area (TPSA) is 80.3 Å². The second-order valence-electron chi connectivity index (χ2n) is 6.48. The quantitative estimate of drug-likeness (QED) is 0.513. The van der Waals surface area contributed by atoms with Crippen molar-refractivity contribution < 1.29 is 40.2 Å². The van der Waals surface area contributed by atoms with Crippen molar-refractivity contribution in [3.05, 3.63) is 0 Å². The fourth-order valence-corrected chi connectivity index (χ4v) is 5.70. The zero-order valence-corrected chi connectivity index (χ0v) is 17.3. The smallest absolute Gasteiger partial charge is 0.550 e. The van der Waals surface area contributed by atoms with Crippen LogP contribution in [0.15, 0.2) is 0 Å². The third-order valence-corrected chi connectivity index (χ3v) is 6.20. The number of hydrogen-bond acceptors (Lipinski definition) is 4. The average Bonchev–Trinajstić information content (AvgIpc) is 2.08. The second-order valence-corrected chi connectivity index (χ2v) is 10.5. The first kappa shape index (κ1) is 29.1. The maximum atomic E-state index is 8.89. The van der Waals surface area contributed by atoms with Crippen LogP contribution in [0.1, 0.15) is 68.7 Å². The average molecular weight is 413 g/mol. The van der Waals surface area contributed by atoms with E-state index in [4.69, 9.17) is 19.8 Å². The molecule has 0 N–H and O–H groups in total. The molecule has 0 aromatic heterocycles. The summed E-state index contributed by atoms with van der Waals surface area (Å²) in [6.07, 6.45) is 2.75. The molecule has 0 saturated heterocycles. The Balaban J connectivity index is -0.000000134. The van der Waals surface area contributed by atoms with Crippen LogP contribution in [0.4, 0.5) is 0 Å². The van der Waals surface area contributed by atoms with Crippen molar-refractivity contribution in [2.75, 3.05) is 6.16 Å². The molecular weight excluding hydrogens is 382 g/mol. The molecule has 0 aliphatic heterocycles. The molecule has 21 heavy (non-hydrogen) atoms. The Morgan fingerprint density at radius 1 is 0.857 bits per heavy atom. The van der Waals surface area contributed by atoms with Gasteiger partial charge in [0.15, 0.2) is 0 Å². The number of aliphatic carboxylic acids is 2. The van der Waals surface area contributed by atoms with E-state index in [0.29, 0.717) is 10.3 Å². The van der Waals surface area contributed by atoms with E-state index < -0.39 is 11.9 Å². The van der Waals surface area contributed by atoms with Gasteiger partial charge in [0.1, 0.15) is 0 Å². The normalized spacial score (nSPS) is 10.4. The Labute approximate surface area is 145 Å². The number of carbonyl (C=O) groups excluding carboxylic acids is 2. The van der Waals surface area contributed by atoms with Crippen molar-refractivity contribution in [3.63, 3.8) is 0 Å². The zero-order chi connectivity index (χ0) is 17.1. The molecule has 0 amide bonds. The van der Waals surface area contributed by atoms with Crippen molar-refractivity contribution in [1.82, 2.24) is 0 Å². The van der Waals surface area contributed by atoms with Gasteiger partial charge in [0.2, 0.25) is 0 Å². The Morgan fingerprint density at radius 2 is 1.05 bits per heavy atom. The summed E-state index contributed by atoms with van der Waals surface area (Å²) in [7, 11) is 0.157. The van der Waals surface area contributed by atoms with Gasteiger partial charge < -0.3 is 19.8 Å². The van der Waals surface area contributed by atoms with Crippen LogP contribution in [-0.2, 0) is 30.0 Å². The summed E-state index contributed by atoms with van der Waals surface area (Å²) in [6, 6.07) is 0. The van der Waals surface area contributed by atoms with Crippen LogP contribution in [0.5, 0.6) is 0 Å². The summed E-state index contributed by atoms with van der Waals surface area (Å²) in [4.78, 5) is 17.8. The molecule has 0 saturated carbocycles. The SMILES string of the molecule is CC(=O)[O-].CC(=O)[O-].CCCP(C(C)(C)C)C(C)(C)C.[Pd+2]. The van der Waals surface area contributed by atoms with Gasteiger partial charge in [-0.05, 0) is 30.3 Å². The molecule has 130 valence electrons. The van der Waals surface area contributed by atoms with Crippen LogP contribution < -0.4 is 10.2 Å². The molecule has 0 aliphatic carbocycles. The fourth-order valence-electron chi connectivity index (χ4n) is 1.90. The van der Waals surface area contributed by atoms with Crippen LogP contribution >= 0.6 is 7.92 Å². The number of carboxylic acid groups (broad SMARTS) is 2. The summed E-state index contributed by atoms with van der Waals surface area (Å²) in [6.45, 7) is 18.6. The maximum Gasteiger partial charge on any atom is 2.00 e. The molecule has 0 heterocycles. The predicted octanol–water partition coefficient (Wildman–Crippen LogP) is 1.99. The van der Waals surface area contributed by atoms with Crippen LogP contribution in [-0.4, -0.2) is 28.4 Å². The van der Waals surface area contributed by atoms with Gasteiger partial charge in [-0.3, -0.25) is 0 Å². The molecule has 0 fully saturated rings. The van der Waals surface area contributed by atoms with Gasteiger partial charge in [0, 0.05) is 11.9 Å². The Bertz CT molecular complexity index is 246. The van der Waals surface area contributed by atoms with Crippen molar-refractivity contribution >= 4 is 19.9 Å². The van der Waals surface area contributed by atoms with Gasteiger partial charge in [-0.25, -0.2) is 0 Å². The first-order valence-corrected chi connectivity index (χ1v) is 8.31. The first-order valence-electron chi connectivity index (χ1n) is 6.79. The fraction of sp³-hybridized carbons (Fsp3) is 0.867. The molecule has 4 nitrogen and oxygen atoms in total. The summed E-state index contributed by atoms with van der Waals surface area (Å²) >= 11 is 0. The molecule has 0 atom stereocenters. The van der Waals surface area contributed by atoms with Gasteiger partial charge in [0.05, 0.1) is 0 Å². The molecule has 0 aliphatic rings. The standard InChI is InChI=1S/C11H25P.2C2H4O2.Pd/c1-8-9-12(10(2,3)4)11(5,6)7;2*1-2(3)4;/h8-9H2,1-7H3;2*1H3,(H,3,4);/q;;;+2/p-2. The monoisotopic (exact) mass is 412 g/mol. The minimum Gasteiger partial charge on any atom is -0.550 e. The minimum atomic E-state index is -1.08. The largest absolute Gasteiger partial charge is 2.00 e. The molecule has 0 radical (unpaired) electrons. The Morgan fingerprint density at radius 3 is 1.10 bits per heavy atom. The van der Waals surface area contributed by atoms with Gasteiger partial charge in [-0.2, -0.15) is 0 Å². The zero-order valence-electron chi connectivity index (χ0n) is 14.8. The number of carbonyl (C=O) groups is 2. The molecule has 0 unspecified atom stereocenters. The maximum absolute atomic E-state index is 8.89. The molecule has 6 heteroatoms. The third-order valence-electron chi connectivity index (χ3n) is 2.07. The first-order chi connectivity index (χ1) is 8.66. The van der Waals surface area contributed by atoms with E-state index in [2.05, 4.69) is 48.5 Å². The van der Waals surface area contributed by atoms with E-state index >= 15 is 0 Å². The number of rotatable bonds is 2. The van der Waals surface area contributed by atoms with Gasteiger partial charge in [-0.1, -0.05) is 62.8 Å². The van der Waals surface area contributed by atoms with Gasteiger partial charge in [0.25, 0.3) is 0 Å². The van der Waals surface area contributed by atoms with E-state index in [-0.39, 0.29) is 28.3 Å². The van der Waals surface area contributed by atoms with E-state index in [1.807, 2.05) is 0 Å². The Kier molecular flexibility index (Phi) is 19.0. The van der Waals surface area contributed by atoms with Crippen molar-refractivity contribution in [2.45, 2.75) is 79.0 Å². The van der Waals surface area contributed by atoms with E-state index in [0.717, 1.165) is 13.8 Å². The van der Waals surface area contributed by atoms with Crippen molar-refractivity contribution in [3.8, 4) is 0 Å². The van der Waals surface area contributed by atoms with Crippen molar-refractivity contribution in [2.24, 2.45) is 0 Å². The van der Waals surface area contributed by atoms with Crippen LogP contribution in [0, 0.1) is 0 Å². The molecule has 0 rings (SSSR count). The van der Waals surface area contributed by atoms with Gasteiger partial charge in [-0.15, -0.1) is 0 Å². The summed E-state index contributed by atoms with van der Waals surface area (Å²) in [5, 5.41) is 18.8. The van der Waals surface area contributed by atoms with Crippen LogP contribution in [0.25, 0.3) is 0 Å². The second kappa shape index (κ2) is 13.7. The van der Waals surface area contributed by atoms with Gasteiger partial charge >= 0.3 is 20.4 Å². The number of carboxylic acids is 2. The van der Waals surface area contributed by atoms with Crippen molar-refractivity contribution in [1.29, 1.82) is 0 Å². The summed E-state index contributed by atoms with van der Waals surface area (Å²) < 4.78 is 0. The van der Waals surface area contributed by atoms with E-state index in [1.165, 1.54) is 12.6 Å². The molecule has 0 bridgehead atoms. The number of hydrogen-bond donors (Lipinski definition) is 0. The summed E-state index contributed by atoms with van der Waals surface area (Å²) in [5.41, 5.74) is 0. The van der Waals surface area contributed by atoms with E-state index in [1.54, 1.807) is 0 Å². The van der Waals surface area contributed by atoms with Crippen LogP contribution in [0.3, 0.4) is 0 Å². The minimum absolute atomic E-state index is 0. The third kappa shape index (κ3) is 28.8.